The number of nitrogens with zero attached hydrogens (tertiary/aromatic N) is 2. The van der Waals surface area contributed by atoms with Crippen LogP contribution in [0.15, 0.2) is 12.3 Å². The number of hydrogen-bond acceptors (Lipinski definition) is 4. The molecule has 1 aromatic heterocycles. The second-order valence-electron chi connectivity index (χ2n) is 3.84. The van der Waals surface area contributed by atoms with Crippen LogP contribution < -0.4 is 5.32 Å². The first-order valence-corrected chi connectivity index (χ1v) is 7.23. The first-order valence-electron chi connectivity index (χ1n) is 5.17. The number of halogens is 3. The molecule has 0 bridgehead atoms. The second kappa shape index (κ2) is 5.70. The molecule has 0 atom stereocenters. The average Bonchev–Trinajstić information content (AvgIpc) is 2.63. The molecule has 104 valence electrons. The van der Waals surface area contributed by atoms with Crippen LogP contribution in [0.4, 0.5) is 13.2 Å². The van der Waals surface area contributed by atoms with Crippen molar-refractivity contribution in [3.05, 3.63) is 18.0 Å². The van der Waals surface area contributed by atoms with Gasteiger partial charge in [-0.05, 0) is 6.07 Å². The van der Waals surface area contributed by atoms with Crippen LogP contribution in [-0.4, -0.2) is 43.3 Å². The van der Waals surface area contributed by atoms with Gasteiger partial charge in [-0.15, -0.1) is 0 Å². The summed E-state index contributed by atoms with van der Waals surface area (Å²) in [6.45, 7) is 0.876. The van der Waals surface area contributed by atoms with Gasteiger partial charge in [0.15, 0.2) is 5.69 Å². The van der Waals surface area contributed by atoms with E-state index in [0.717, 1.165) is 17.0 Å². The molecule has 18 heavy (non-hydrogen) atoms. The van der Waals surface area contributed by atoms with E-state index in [0.29, 0.717) is 6.54 Å². The quantitative estimate of drug-likeness (QED) is 0.775. The summed E-state index contributed by atoms with van der Waals surface area (Å²) in [6, 6.07) is 0.899. The summed E-state index contributed by atoms with van der Waals surface area (Å²) in [6.07, 6.45) is -2.08. The summed E-state index contributed by atoms with van der Waals surface area (Å²) in [7, 11) is -3.02. The molecule has 5 nitrogen and oxygen atoms in total. The van der Waals surface area contributed by atoms with E-state index in [1.165, 1.54) is 6.20 Å². The van der Waals surface area contributed by atoms with Crippen LogP contribution in [0, 0.1) is 0 Å². The first-order chi connectivity index (χ1) is 8.18. The average molecular weight is 285 g/mol. The molecule has 0 saturated carbocycles. The Morgan fingerprint density at radius 2 is 2.06 bits per heavy atom. The van der Waals surface area contributed by atoms with Crippen molar-refractivity contribution in [2.45, 2.75) is 12.7 Å². The fourth-order valence-corrected chi connectivity index (χ4v) is 1.73. The topological polar surface area (TPSA) is 64.0 Å². The zero-order valence-electron chi connectivity index (χ0n) is 9.74. The number of hydrogen-bond donors (Lipinski definition) is 1. The van der Waals surface area contributed by atoms with Crippen molar-refractivity contribution < 1.29 is 21.6 Å². The third-order valence-corrected chi connectivity index (χ3v) is 3.04. The van der Waals surface area contributed by atoms with Gasteiger partial charge in [0.05, 0.1) is 12.3 Å². The Kier molecular flexibility index (Phi) is 4.74. The summed E-state index contributed by atoms with van der Waals surface area (Å²) < 4.78 is 59.4. The van der Waals surface area contributed by atoms with Crippen molar-refractivity contribution >= 4 is 9.84 Å². The second-order valence-corrected chi connectivity index (χ2v) is 6.10. The molecule has 0 aliphatic rings. The van der Waals surface area contributed by atoms with E-state index in [2.05, 4.69) is 10.4 Å². The van der Waals surface area contributed by atoms with Gasteiger partial charge < -0.3 is 5.32 Å². The standard InChI is InChI=1S/C9H14F3N3O2S/c1-18(16,17)7-4-13-3-6-15-5-2-8(14-15)9(10,11)12/h2,5,13H,3-4,6-7H2,1H3. The van der Waals surface area contributed by atoms with Gasteiger partial charge in [0.25, 0.3) is 0 Å². The Labute approximate surface area is 103 Å². The van der Waals surface area contributed by atoms with Gasteiger partial charge in [0, 0.05) is 25.5 Å². The van der Waals surface area contributed by atoms with Gasteiger partial charge in [-0.25, -0.2) is 8.42 Å². The highest BCUT2D eigenvalue weighted by atomic mass is 32.2. The smallest absolute Gasteiger partial charge is 0.314 e. The summed E-state index contributed by atoms with van der Waals surface area (Å²) in [5.74, 6) is -0.0000910. The zero-order valence-corrected chi connectivity index (χ0v) is 10.6. The largest absolute Gasteiger partial charge is 0.435 e. The Morgan fingerprint density at radius 3 is 2.56 bits per heavy atom. The lowest BCUT2D eigenvalue weighted by molar-refractivity contribution is -0.141. The molecular formula is C9H14F3N3O2S. The molecule has 0 fully saturated rings. The number of alkyl halides is 3. The Balaban J connectivity index is 2.30. The maximum Gasteiger partial charge on any atom is 0.435 e. The number of nitrogens with one attached hydrogen (secondary N) is 1. The monoisotopic (exact) mass is 285 g/mol. The van der Waals surface area contributed by atoms with Gasteiger partial charge in [0.2, 0.25) is 0 Å². The van der Waals surface area contributed by atoms with Crippen LogP contribution in [-0.2, 0) is 22.6 Å². The van der Waals surface area contributed by atoms with Crippen LogP contribution in [0.5, 0.6) is 0 Å². The molecule has 0 aliphatic carbocycles. The van der Waals surface area contributed by atoms with Crippen molar-refractivity contribution in [3.8, 4) is 0 Å². The lowest BCUT2D eigenvalue weighted by Crippen LogP contribution is -2.26. The predicted molar refractivity (Wildman–Crippen MR) is 59.8 cm³/mol. The zero-order chi connectivity index (χ0) is 13.8. The molecule has 1 N–H and O–H groups in total. The minimum atomic E-state index is -4.44. The predicted octanol–water partition coefficient (Wildman–Crippen LogP) is 0.536. The molecule has 0 amide bonds. The van der Waals surface area contributed by atoms with Gasteiger partial charge in [-0.1, -0.05) is 0 Å². The minimum Gasteiger partial charge on any atom is -0.314 e. The highest BCUT2D eigenvalue weighted by Gasteiger charge is 2.33. The Hall–Kier alpha value is -1.09. The summed E-state index contributed by atoms with van der Waals surface area (Å²) in [5.41, 5.74) is -0.932. The van der Waals surface area contributed by atoms with Crippen molar-refractivity contribution in [3.63, 3.8) is 0 Å². The summed E-state index contributed by atoms with van der Waals surface area (Å²) in [4.78, 5) is 0. The van der Waals surface area contributed by atoms with Crippen molar-refractivity contribution in [2.24, 2.45) is 0 Å². The lowest BCUT2D eigenvalue weighted by Gasteiger charge is -2.04. The van der Waals surface area contributed by atoms with E-state index in [-0.39, 0.29) is 18.8 Å². The molecular weight excluding hydrogens is 271 g/mol. The highest BCUT2D eigenvalue weighted by Crippen LogP contribution is 2.26. The van der Waals surface area contributed by atoms with Gasteiger partial charge in [-0.3, -0.25) is 4.68 Å². The van der Waals surface area contributed by atoms with E-state index in [4.69, 9.17) is 0 Å². The summed E-state index contributed by atoms with van der Waals surface area (Å²) >= 11 is 0. The SMILES string of the molecule is CS(=O)(=O)CCNCCn1ccc(C(F)(F)F)n1. The normalized spacial score (nSPS) is 12.9. The van der Waals surface area contributed by atoms with Crippen LogP contribution in [0.25, 0.3) is 0 Å². The molecule has 0 unspecified atom stereocenters. The van der Waals surface area contributed by atoms with Crippen molar-refractivity contribution in [1.82, 2.24) is 15.1 Å². The Bertz CT molecular complexity index is 481. The number of sulfone groups is 1. The third-order valence-electron chi connectivity index (χ3n) is 2.10. The van der Waals surface area contributed by atoms with Crippen molar-refractivity contribution in [1.29, 1.82) is 0 Å². The highest BCUT2D eigenvalue weighted by molar-refractivity contribution is 7.90. The van der Waals surface area contributed by atoms with E-state index in [1.807, 2.05) is 0 Å². The summed E-state index contributed by atoms with van der Waals surface area (Å²) in [5, 5.41) is 6.18. The third kappa shape index (κ3) is 5.50. The first kappa shape index (κ1) is 15.0. The maximum absolute atomic E-state index is 12.2. The van der Waals surface area contributed by atoms with Crippen LogP contribution in [0.3, 0.4) is 0 Å². The fraction of sp³-hybridized carbons (Fsp3) is 0.667. The van der Waals surface area contributed by atoms with E-state index in [1.54, 1.807) is 0 Å². The van der Waals surface area contributed by atoms with Crippen LogP contribution >= 0.6 is 0 Å². The van der Waals surface area contributed by atoms with Crippen LogP contribution in [0.1, 0.15) is 5.69 Å². The molecule has 0 aromatic carbocycles. The molecule has 1 aromatic rings. The van der Waals surface area contributed by atoms with Gasteiger partial charge in [0.1, 0.15) is 9.84 Å². The van der Waals surface area contributed by atoms with E-state index >= 15 is 0 Å². The molecule has 1 heterocycles. The molecule has 1 rings (SSSR count). The molecule has 0 saturated heterocycles. The van der Waals surface area contributed by atoms with Gasteiger partial charge >= 0.3 is 6.18 Å². The molecule has 0 radical (unpaired) electrons. The van der Waals surface area contributed by atoms with Gasteiger partial charge in [-0.2, -0.15) is 18.3 Å². The molecule has 0 aliphatic heterocycles. The van der Waals surface area contributed by atoms with E-state index in [9.17, 15) is 21.6 Å². The molecule has 9 heteroatoms. The fourth-order valence-electron chi connectivity index (χ4n) is 1.21. The molecule has 0 spiro atoms. The minimum absolute atomic E-state index is 0.0000910. The Morgan fingerprint density at radius 1 is 1.39 bits per heavy atom. The van der Waals surface area contributed by atoms with E-state index < -0.39 is 21.7 Å². The number of aromatic nitrogens is 2. The van der Waals surface area contributed by atoms with Crippen molar-refractivity contribution in [2.75, 3.05) is 25.1 Å². The van der Waals surface area contributed by atoms with Crippen LogP contribution in [0.2, 0.25) is 0 Å². The number of rotatable bonds is 6. The maximum atomic E-state index is 12.2. The lowest BCUT2D eigenvalue weighted by atomic mass is 10.4.